The maximum Gasteiger partial charge on any atom is 0.255 e. The van der Waals surface area contributed by atoms with E-state index >= 15 is 0 Å². The van der Waals surface area contributed by atoms with Crippen LogP contribution in [-0.2, 0) is 10.0 Å². The van der Waals surface area contributed by atoms with Crippen LogP contribution in [0.1, 0.15) is 43.9 Å². The van der Waals surface area contributed by atoms with Crippen molar-refractivity contribution in [2.75, 3.05) is 12.8 Å². The summed E-state index contributed by atoms with van der Waals surface area (Å²) < 4.78 is 25.2. The van der Waals surface area contributed by atoms with Crippen molar-refractivity contribution in [1.29, 1.82) is 0 Å². The number of hydrogen-bond donors (Lipinski definition) is 3. The lowest BCUT2D eigenvalue weighted by atomic mass is 10.0. The van der Waals surface area contributed by atoms with Crippen LogP contribution in [0, 0.1) is 13.8 Å². The second kappa shape index (κ2) is 6.25. The topological polar surface area (TPSA) is 104 Å². The summed E-state index contributed by atoms with van der Waals surface area (Å²) in [6.45, 7) is 9.31. The summed E-state index contributed by atoms with van der Waals surface area (Å²) in [4.78, 5) is 18.9. The average Bonchev–Trinajstić information content (AvgIpc) is 2.21. The molecule has 0 aliphatic rings. The number of rotatable bonds is 6. The highest BCUT2D eigenvalue weighted by atomic mass is 32.2. The summed E-state index contributed by atoms with van der Waals surface area (Å²) in [6.07, 6.45) is 1.12. The third-order valence-electron chi connectivity index (χ3n) is 3.01. The number of nitrogens with one attached hydrogen (secondary N) is 3. The van der Waals surface area contributed by atoms with Gasteiger partial charge in [-0.2, -0.15) is 0 Å². The average molecular weight is 316 g/mol. The van der Waals surface area contributed by atoms with Gasteiger partial charge in [-0.3, -0.25) is 4.79 Å². The first-order valence-corrected chi connectivity index (χ1v) is 8.60. The Morgan fingerprint density at radius 1 is 1.33 bits per heavy atom. The highest BCUT2D eigenvalue weighted by Crippen LogP contribution is 2.12. The van der Waals surface area contributed by atoms with E-state index in [0.29, 0.717) is 23.6 Å². The molecule has 8 heteroatoms. The molecule has 0 fully saturated rings. The second-order valence-electron chi connectivity index (χ2n) is 6.01. The molecule has 21 heavy (non-hydrogen) atoms. The van der Waals surface area contributed by atoms with Crippen molar-refractivity contribution in [2.45, 2.75) is 46.2 Å². The number of aromatic nitrogens is 2. The van der Waals surface area contributed by atoms with Gasteiger partial charge in [0.15, 0.2) is 0 Å². The van der Waals surface area contributed by atoms with E-state index in [0.717, 1.165) is 6.26 Å². The van der Waals surface area contributed by atoms with E-state index in [2.05, 4.69) is 20.0 Å². The second-order valence-corrected chi connectivity index (χ2v) is 7.76. The Balaban J connectivity index is 2.84. The highest BCUT2D eigenvalue weighted by Gasteiger charge is 2.24. The van der Waals surface area contributed by atoms with Crippen LogP contribution in [0.3, 0.4) is 0 Å². The molecule has 1 atom stereocenters. The molecule has 120 valence electrons. The Bertz CT molecular complexity index is 664. The Labute approximate surface area is 125 Å². The van der Waals surface area contributed by atoms with Gasteiger partial charge in [-0.05, 0) is 34.6 Å². The minimum Gasteiger partial charge on any atom is -0.310 e. The third kappa shape index (κ3) is 5.56. The molecule has 1 rings (SSSR count). The van der Waals surface area contributed by atoms with Gasteiger partial charge in [0, 0.05) is 23.8 Å². The lowest BCUT2D eigenvalue weighted by molar-refractivity contribution is 0.397. The van der Waals surface area contributed by atoms with Crippen molar-refractivity contribution < 1.29 is 8.42 Å². The molecule has 1 heterocycles. The minimum absolute atomic E-state index is 0.172. The Kier molecular flexibility index (Phi) is 5.30. The van der Waals surface area contributed by atoms with Gasteiger partial charge in [0.1, 0.15) is 5.82 Å². The predicted molar refractivity (Wildman–Crippen MR) is 82.8 cm³/mol. The van der Waals surface area contributed by atoms with Crippen molar-refractivity contribution in [3.63, 3.8) is 0 Å². The fraction of sp³-hybridized carbons (Fsp3) is 0.692. The van der Waals surface area contributed by atoms with Gasteiger partial charge >= 0.3 is 0 Å². The first-order valence-electron chi connectivity index (χ1n) is 6.71. The highest BCUT2D eigenvalue weighted by molar-refractivity contribution is 7.88. The van der Waals surface area contributed by atoms with E-state index in [1.54, 1.807) is 27.7 Å². The first kappa shape index (κ1) is 17.8. The smallest absolute Gasteiger partial charge is 0.255 e. The molecule has 0 aromatic carbocycles. The lowest BCUT2D eigenvalue weighted by Crippen LogP contribution is -2.50. The molecule has 0 bridgehead atoms. The SMILES string of the molecule is Cc1nc(C)c(C(C)NCC(C)(C)NS(C)(=O)=O)c(=O)[nH]1. The summed E-state index contributed by atoms with van der Waals surface area (Å²) in [5.41, 5.74) is 0.412. The fourth-order valence-electron chi connectivity index (χ4n) is 2.29. The standard InChI is InChI=1S/C13H24N4O3S/c1-8(11-9(2)15-10(3)16-12(11)18)14-7-13(4,5)17-21(6,19)20/h8,14,17H,7H2,1-6H3,(H,15,16,18). The van der Waals surface area contributed by atoms with Crippen molar-refractivity contribution in [3.05, 3.63) is 27.4 Å². The van der Waals surface area contributed by atoms with Crippen LogP contribution in [0.5, 0.6) is 0 Å². The number of aryl methyl sites for hydroxylation is 2. The molecule has 1 aromatic heterocycles. The maximum absolute atomic E-state index is 12.0. The van der Waals surface area contributed by atoms with Crippen LogP contribution in [0.4, 0.5) is 0 Å². The fourth-order valence-corrected chi connectivity index (χ4v) is 3.37. The van der Waals surface area contributed by atoms with E-state index in [9.17, 15) is 13.2 Å². The molecule has 3 N–H and O–H groups in total. The molecule has 0 amide bonds. The van der Waals surface area contributed by atoms with Crippen LogP contribution in [0.15, 0.2) is 4.79 Å². The largest absolute Gasteiger partial charge is 0.310 e. The van der Waals surface area contributed by atoms with Crippen molar-refractivity contribution >= 4 is 10.0 Å². The number of hydrogen-bond acceptors (Lipinski definition) is 5. The van der Waals surface area contributed by atoms with Crippen molar-refractivity contribution in [2.24, 2.45) is 0 Å². The van der Waals surface area contributed by atoms with Gasteiger partial charge in [-0.25, -0.2) is 18.1 Å². The normalized spacial score (nSPS) is 14.2. The number of H-pyrrole nitrogens is 1. The van der Waals surface area contributed by atoms with E-state index in [1.165, 1.54) is 0 Å². The van der Waals surface area contributed by atoms with Gasteiger partial charge < -0.3 is 10.3 Å². The van der Waals surface area contributed by atoms with E-state index in [1.807, 2.05) is 6.92 Å². The van der Waals surface area contributed by atoms with E-state index in [-0.39, 0.29) is 11.6 Å². The number of nitrogens with zero attached hydrogens (tertiary/aromatic N) is 1. The van der Waals surface area contributed by atoms with Crippen molar-refractivity contribution in [1.82, 2.24) is 20.0 Å². The zero-order valence-corrected chi connectivity index (χ0v) is 14.2. The lowest BCUT2D eigenvalue weighted by Gasteiger charge is -2.27. The van der Waals surface area contributed by atoms with E-state index < -0.39 is 15.6 Å². The molecule has 1 aromatic rings. The quantitative estimate of drug-likeness (QED) is 0.703. The molecule has 0 radical (unpaired) electrons. The molecule has 0 aliphatic carbocycles. The number of sulfonamides is 1. The van der Waals surface area contributed by atoms with Gasteiger partial charge in [-0.1, -0.05) is 0 Å². The Morgan fingerprint density at radius 3 is 2.38 bits per heavy atom. The van der Waals surface area contributed by atoms with Crippen LogP contribution < -0.4 is 15.6 Å². The summed E-state index contributed by atoms with van der Waals surface area (Å²) >= 11 is 0. The predicted octanol–water partition coefficient (Wildman–Crippen LogP) is 0.365. The molecule has 7 nitrogen and oxygen atoms in total. The minimum atomic E-state index is -3.29. The molecule has 0 saturated carbocycles. The van der Waals surface area contributed by atoms with Gasteiger partial charge in [0.05, 0.1) is 11.8 Å². The monoisotopic (exact) mass is 316 g/mol. The molecular weight excluding hydrogens is 292 g/mol. The molecule has 0 saturated heterocycles. The molecule has 0 spiro atoms. The van der Waals surface area contributed by atoms with Gasteiger partial charge in [-0.15, -0.1) is 0 Å². The van der Waals surface area contributed by atoms with Gasteiger partial charge in [0.25, 0.3) is 5.56 Å². The molecule has 1 unspecified atom stereocenters. The maximum atomic E-state index is 12.0. The first-order chi connectivity index (χ1) is 9.41. The summed E-state index contributed by atoms with van der Waals surface area (Å²) in [7, 11) is -3.29. The van der Waals surface area contributed by atoms with Crippen LogP contribution >= 0.6 is 0 Å². The van der Waals surface area contributed by atoms with Crippen LogP contribution in [-0.4, -0.2) is 36.7 Å². The van der Waals surface area contributed by atoms with Crippen LogP contribution in [0.2, 0.25) is 0 Å². The zero-order chi connectivity index (χ0) is 16.4. The molecular formula is C13H24N4O3S. The third-order valence-corrected chi connectivity index (χ3v) is 3.93. The summed E-state index contributed by atoms with van der Waals surface area (Å²) in [6, 6.07) is -0.234. The summed E-state index contributed by atoms with van der Waals surface area (Å²) in [5, 5.41) is 3.18. The number of aromatic amines is 1. The Morgan fingerprint density at radius 2 is 1.90 bits per heavy atom. The van der Waals surface area contributed by atoms with E-state index in [4.69, 9.17) is 0 Å². The van der Waals surface area contributed by atoms with Gasteiger partial charge in [0.2, 0.25) is 10.0 Å². The van der Waals surface area contributed by atoms with Crippen molar-refractivity contribution in [3.8, 4) is 0 Å². The Hall–Kier alpha value is -1.25. The van der Waals surface area contributed by atoms with Crippen LogP contribution in [0.25, 0.3) is 0 Å². The summed E-state index contributed by atoms with van der Waals surface area (Å²) in [5.74, 6) is 0.576. The zero-order valence-electron chi connectivity index (χ0n) is 13.4. The molecule has 0 aliphatic heterocycles.